The largest absolute Gasteiger partial charge is 0.393 e. The molecule has 0 heterocycles. The van der Waals surface area contributed by atoms with E-state index in [-0.39, 0.29) is 29.3 Å². The fourth-order valence-corrected chi connectivity index (χ4v) is 3.58. The maximum Gasteiger partial charge on any atom is 0.317 e. The molecule has 3 rings (SSSR count). The van der Waals surface area contributed by atoms with Gasteiger partial charge in [-0.25, -0.2) is 9.18 Å². The van der Waals surface area contributed by atoms with Crippen LogP contribution in [0, 0.1) is 11.7 Å². The van der Waals surface area contributed by atoms with Gasteiger partial charge in [-0.2, -0.15) is 0 Å². The van der Waals surface area contributed by atoms with E-state index in [0.717, 1.165) is 37.7 Å². The van der Waals surface area contributed by atoms with Crippen LogP contribution in [0.1, 0.15) is 37.7 Å². The Morgan fingerprint density at radius 2 is 2.22 bits per heavy atom. The molecule has 0 saturated heterocycles. The third kappa shape index (κ3) is 3.66. The summed E-state index contributed by atoms with van der Waals surface area (Å²) in [7, 11) is 1.77. The Hall–Kier alpha value is -1.62. The molecule has 2 atom stereocenters. The number of rotatable bonds is 5. The van der Waals surface area contributed by atoms with Crippen LogP contribution < -0.4 is 5.32 Å². The normalized spacial score (nSPS) is 25.2. The molecule has 2 aliphatic rings. The number of halogens is 1. The summed E-state index contributed by atoms with van der Waals surface area (Å²) in [5, 5.41) is 12.8. The first kappa shape index (κ1) is 16.2. The van der Waals surface area contributed by atoms with Gasteiger partial charge >= 0.3 is 6.03 Å². The molecule has 0 aliphatic heterocycles. The summed E-state index contributed by atoms with van der Waals surface area (Å²) in [4.78, 5) is 13.9. The van der Waals surface area contributed by atoms with Gasteiger partial charge in [0, 0.05) is 31.5 Å². The van der Waals surface area contributed by atoms with Crippen molar-refractivity contribution in [3.05, 3.63) is 35.6 Å². The Morgan fingerprint density at radius 1 is 1.43 bits per heavy atom. The van der Waals surface area contributed by atoms with E-state index in [2.05, 4.69) is 5.32 Å². The summed E-state index contributed by atoms with van der Waals surface area (Å²) in [5.41, 5.74) is 0.859. The Balaban J connectivity index is 1.52. The Kier molecular flexibility index (Phi) is 4.57. The number of urea groups is 1. The second-order valence-electron chi connectivity index (χ2n) is 7.09. The fourth-order valence-electron chi connectivity index (χ4n) is 3.58. The van der Waals surface area contributed by atoms with E-state index in [9.17, 15) is 14.3 Å². The second-order valence-corrected chi connectivity index (χ2v) is 7.09. The summed E-state index contributed by atoms with van der Waals surface area (Å²) in [6, 6.07) is 6.55. The first-order chi connectivity index (χ1) is 11.0. The van der Waals surface area contributed by atoms with E-state index in [0.29, 0.717) is 13.1 Å². The van der Waals surface area contributed by atoms with Crippen LogP contribution in [0.25, 0.3) is 0 Å². The number of aliphatic hydroxyl groups excluding tert-OH is 1. The molecule has 0 radical (unpaired) electrons. The fraction of sp³-hybridized carbons (Fsp3) is 0.611. The van der Waals surface area contributed by atoms with Crippen LogP contribution in [0.4, 0.5) is 9.18 Å². The standard InChI is InChI=1S/C18H25FN2O2/c1-21(11-13-4-2-7-16(13)22)17(23)20-12-18(8-9-18)14-5-3-6-15(19)10-14/h3,5-6,10,13,16,22H,2,4,7-9,11-12H2,1H3,(H,20,23). The number of benzene rings is 1. The van der Waals surface area contributed by atoms with Crippen LogP contribution in [0.5, 0.6) is 0 Å². The van der Waals surface area contributed by atoms with Crippen LogP contribution in [-0.4, -0.2) is 42.3 Å². The van der Waals surface area contributed by atoms with Crippen LogP contribution in [0.15, 0.2) is 24.3 Å². The maximum atomic E-state index is 13.4. The molecule has 2 unspecified atom stereocenters. The molecule has 23 heavy (non-hydrogen) atoms. The minimum Gasteiger partial charge on any atom is -0.393 e. The SMILES string of the molecule is CN(CC1CCCC1O)C(=O)NCC1(c2cccc(F)c2)CC1. The number of nitrogens with one attached hydrogen (secondary N) is 1. The monoisotopic (exact) mass is 320 g/mol. The number of hydrogen-bond acceptors (Lipinski definition) is 2. The zero-order valence-corrected chi connectivity index (χ0v) is 13.6. The third-order valence-electron chi connectivity index (χ3n) is 5.34. The molecule has 2 fully saturated rings. The highest BCUT2D eigenvalue weighted by Crippen LogP contribution is 2.47. The number of carbonyl (C=O) groups is 1. The van der Waals surface area contributed by atoms with Gasteiger partial charge in [0.25, 0.3) is 0 Å². The maximum absolute atomic E-state index is 13.4. The quantitative estimate of drug-likeness (QED) is 0.876. The van der Waals surface area contributed by atoms with Gasteiger partial charge < -0.3 is 15.3 Å². The van der Waals surface area contributed by atoms with Gasteiger partial charge in [-0.1, -0.05) is 18.6 Å². The average Bonchev–Trinajstić information content (AvgIpc) is 3.23. The van der Waals surface area contributed by atoms with Crippen molar-refractivity contribution in [3.63, 3.8) is 0 Å². The lowest BCUT2D eigenvalue weighted by Crippen LogP contribution is -2.43. The van der Waals surface area contributed by atoms with Crippen molar-refractivity contribution in [2.45, 2.75) is 43.6 Å². The van der Waals surface area contributed by atoms with Gasteiger partial charge in [-0.3, -0.25) is 0 Å². The van der Waals surface area contributed by atoms with Crippen molar-refractivity contribution in [2.75, 3.05) is 20.1 Å². The van der Waals surface area contributed by atoms with Gasteiger partial charge in [0.2, 0.25) is 0 Å². The van der Waals surface area contributed by atoms with Gasteiger partial charge in [0.15, 0.2) is 0 Å². The molecule has 1 aromatic carbocycles. The molecule has 2 amide bonds. The Labute approximate surface area is 136 Å². The number of hydrogen-bond donors (Lipinski definition) is 2. The minimum atomic E-state index is -0.285. The molecule has 0 spiro atoms. The van der Waals surface area contributed by atoms with E-state index in [4.69, 9.17) is 0 Å². The molecule has 4 nitrogen and oxygen atoms in total. The van der Waals surface area contributed by atoms with Crippen LogP contribution in [0.3, 0.4) is 0 Å². The zero-order chi connectivity index (χ0) is 16.4. The summed E-state index contributed by atoms with van der Waals surface area (Å²) in [6.45, 7) is 1.12. The van der Waals surface area contributed by atoms with Crippen molar-refractivity contribution < 1.29 is 14.3 Å². The molecule has 0 bridgehead atoms. The van der Waals surface area contributed by atoms with Crippen molar-refractivity contribution in [2.24, 2.45) is 5.92 Å². The molecule has 1 aromatic rings. The van der Waals surface area contributed by atoms with Crippen molar-refractivity contribution in [1.82, 2.24) is 10.2 Å². The van der Waals surface area contributed by atoms with E-state index >= 15 is 0 Å². The molecule has 5 heteroatoms. The van der Waals surface area contributed by atoms with E-state index in [1.807, 2.05) is 6.07 Å². The van der Waals surface area contributed by atoms with Gasteiger partial charge in [0.05, 0.1) is 6.10 Å². The smallest absolute Gasteiger partial charge is 0.317 e. The number of amides is 2. The first-order valence-corrected chi connectivity index (χ1v) is 8.43. The molecule has 0 aromatic heterocycles. The van der Waals surface area contributed by atoms with Crippen molar-refractivity contribution in [3.8, 4) is 0 Å². The number of nitrogens with zero attached hydrogens (tertiary/aromatic N) is 1. The van der Waals surface area contributed by atoms with Gasteiger partial charge in [-0.15, -0.1) is 0 Å². The Morgan fingerprint density at radius 3 is 2.83 bits per heavy atom. The van der Waals surface area contributed by atoms with E-state index in [1.54, 1.807) is 24.1 Å². The zero-order valence-electron chi connectivity index (χ0n) is 13.6. The van der Waals surface area contributed by atoms with Gasteiger partial charge in [-0.05, 0) is 43.4 Å². The third-order valence-corrected chi connectivity index (χ3v) is 5.34. The summed E-state index contributed by atoms with van der Waals surface area (Å²) < 4.78 is 13.4. The van der Waals surface area contributed by atoms with Crippen LogP contribution in [0.2, 0.25) is 0 Å². The Bertz CT molecular complexity index is 574. The highest BCUT2D eigenvalue weighted by atomic mass is 19.1. The van der Waals surface area contributed by atoms with Gasteiger partial charge in [0.1, 0.15) is 5.82 Å². The molecular weight excluding hydrogens is 295 g/mol. The molecule has 2 saturated carbocycles. The van der Waals surface area contributed by atoms with E-state index in [1.165, 1.54) is 6.07 Å². The topological polar surface area (TPSA) is 52.6 Å². The predicted octanol–water partition coefficient (Wildman–Crippen LogP) is 2.66. The first-order valence-electron chi connectivity index (χ1n) is 8.43. The molecule has 2 N–H and O–H groups in total. The summed E-state index contributed by atoms with van der Waals surface area (Å²) in [5.74, 6) is -0.0451. The highest BCUT2D eigenvalue weighted by Gasteiger charge is 2.44. The number of carbonyl (C=O) groups excluding carboxylic acids is 1. The summed E-state index contributed by atoms with van der Waals surface area (Å²) in [6.07, 6.45) is 4.51. The minimum absolute atomic E-state index is 0.106. The van der Waals surface area contributed by atoms with Crippen molar-refractivity contribution in [1.29, 1.82) is 0 Å². The van der Waals surface area contributed by atoms with Crippen molar-refractivity contribution >= 4 is 6.03 Å². The lowest BCUT2D eigenvalue weighted by Gasteiger charge is -2.25. The lowest BCUT2D eigenvalue weighted by molar-refractivity contribution is 0.114. The lowest BCUT2D eigenvalue weighted by atomic mass is 9.96. The van der Waals surface area contributed by atoms with E-state index < -0.39 is 0 Å². The predicted molar refractivity (Wildman–Crippen MR) is 86.7 cm³/mol. The average molecular weight is 320 g/mol. The van der Waals surface area contributed by atoms with Crippen LogP contribution in [-0.2, 0) is 5.41 Å². The summed E-state index contributed by atoms with van der Waals surface area (Å²) >= 11 is 0. The number of aliphatic hydroxyl groups is 1. The second kappa shape index (κ2) is 6.48. The highest BCUT2D eigenvalue weighted by molar-refractivity contribution is 5.74. The molecule has 126 valence electrons. The molecular formula is C18H25FN2O2. The molecule has 2 aliphatic carbocycles. The van der Waals surface area contributed by atoms with Crippen LogP contribution >= 0.6 is 0 Å².